The molecule has 8 heteroatoms. The van der Waals surface area contributed by atoms with Gasteiger partial charge in [0.25, 0.3) is 0 Å². The number of ether oxygens (including phenoxy) is 1. The van der Waals surface area contributed by atoms with Gasteiger partial charge >= 0.3 is 0 Å². The van der Waals surface area contributed by atoms with Crippen LogP contribution in [-0.2, 0) is 4.79 Å². The molecule has 2 N–H and O–H groups in total. The summed E-state index contributed by atoms with van der Waals surface area (Å²) < 4.78 is 8.78. The van der Waals surface area contributed by atoms with E-state index in [2.05, 4.69) is 51.3 Å². The predicted octanol–water partition coefficient (Wildman–Crippen LogP) is 2.75. The topological polar surface area (TPSA) is 84.3 Å². The number of pyridine rings is 1. The Morgan fingerprint density at radius 1 is 1.12 bits per heavy atom. The molecular formula is C25H30N6O2. The number of amides is 1. The van der Waals surface area contributed by atoms with Crippen LogP contribution in [0.2, 0.25) is 0 Å². The Labute approximate surface area is 193 Å². The molecule has 3 fully saturated rings. The summed E-state index contributed by atoms with van der Waals surface area (Å²) >= 11 is 0. The van der Waals surface area contributed by atoms with Crippen molar-refractivity contribution in [3.8, 4) is 16.9 Å². The Morgan fingerprint density at radius 2 is 1.97 bits per heavy atom. The molecule has 172 valence electrons. The molecular weight excluding hydrogens is 416 g/mol. The molecule has 2 aliphatic heterocycles. The zero-order valence-corrected chi connectivity index (χ0v) is 19.0. The van der Waals surface area contributed by atoms with E-state index in [0.29, 0.717) is 19.0 Å². The van der Waals surface area contributed by atoms with Crippen LogP contribution in [0, 0.1) is 5.92 Å². The van der Waals surface area contributed by atoms with Crippen molar-refractivity contribution in [1.29, 1.82) is 0 Å². The molecule has 1 unspecified atom stereocenters. The normalized spacial score (nSPS) is 21.9. The number of nitrogens with zero attached hydrogens (tertiary/aromatic N) is 4. The number of anilines is 1. The van der Waals surface area contributed by atoms with Crippen molar-refractivity contribution in [2.75, 3.05) is 37.6 Å². The van der Waals surface area contributed by atoms with Crippen LogP contribution in [0.1, 0.15) is 32.2 Å². The minimum atomic E-state index is -0.0711. The number of carbonyl (C=O) groups is 1. The lowest BCUT2D eigenvalue weighted by atomic mass is 10.0. The van der Waals surface area contributed by atoms with Gasteiger partial charge in [0.1, 0.15) is 23.2 Å². The number of imidazole rings is 1. The van der Waals surface area contributed by atoms with Crippen LogP contribution < -0.4 is 20.3 Å². The maximum Gasteiger partial charge on any atom is 0.220 e. The average molecular weight is 447 g/mol. The van der Waals surface area contributed by atoms with Gasteiger partial charge < -0.3 is 24.8 Å². The van der Waals surface area contributed by atoms with Crippen LogP contribution >= 0.6 is 0 Å². The molecule has 1 aromatic carbocycles. The number of nitrogens with one attached hydrogen (secondary N) is 2. The van der Waals surface area contributed by atoms with Crippen LogP contribution in [0.25, 0.3) is 22.2 Å². The molecule has 0 radical (unpaired) electrons. The van der Waals surface area contributed by atoms with Gasteiger partial charge in [-0.3, -0.25) is 4.79 Å². The minimum Gasteiger partial charge on any atom is -0.488 e. The molecule has 4 heterocycles. The molecule has 0 bridgehead atoms. The number of fused-ring (bicyclic) bond motifs is 1. The molecule has 2 saturated heterocycles. The van der Waals surface area contributed by atoms with Gasteiger partial charge in [-0.1, -0.05) is 0 Å². The molecule has 0 spiro atoms. The summed E-state index contributed by atoms with van der Waals surface area (Å²) in [6, 6.07) is 9.00. The quantitative estimate of drug-likeness (QED) is 0.606. The summed E-state index contributed by atoms with van der Waals surface area (Å²) in [6.45, 7) is 6.67. The molecule has 3 aromatic rings. The van der Waals surface area contributed by atoms with E-state index >= 15 is 0 Å². The first-order chi connectivity index (χ1) is 16.2. The third kappa shape index (κ3) is 4.04. The summed E-state index contributed by atoms with van der Waals surface area (Å²) in [5.74, 6) is 2.13. The first-order valence-corrected chi connectivity index (χ1v) is 12.0. The fourth-order valence-electron chi connectivity index (χ4n) is 4.91. The highest BCUT2D eigenvalue weighted by Gasteiger charge is 2.30. The zero-order valence-electron chi connectivity index (χ0n) is 19.0. The summed E-state index contributed by atoms with van der Waals surface area (Å²) in [7, 11) is 0. The number of carbonyl (C=O) groups excluding carboxylic acids is 1. The molecule has 1 saturated carbocycles. The fraction of sp³-hybridized carbons (Fsp3) is 0.480. The highest BCUT2D eigenvalue weighted by Crippen LogP contribution is 2.41. The number of hydrogen-bond acceptors (Lipinski definition) is 6. The van der Waals surface area contributed by atoms with Gasteiger partial charge in [0, 0.05) is 62.9 Å². The summed E-state index contributed by atoms with van der Waals surface area (Å²) in [5, 5.41) is 6.31. The molecule has 2 atom stereocenters. The summed E-state index contributed by atoms with van der Waals surface area (Å²) in [6.07, 6.45) is 6.70. The van der Waals surface area contributed by atoms with E-state index in [4.69, 9.17) is 14.7 Å². The van der Waals surface area contributed by atoms with E-state index in [1.54, 1.807) is 0 Å². The van der Waals surface area contributed by atoms with E-state index in [-0.39, 0.29) is 17.9 Å². The molecule has 3 aliphatic rings. The average Bonchev–Trinajstić information content (AvgIpc) is 3.45. The molecule has 1 amide bonds. The summed E-state index contributed by atoms with van der Waals surface area (Å²) in [5.41, 5.74) is 4.09. The van der Waals surface area contributed by atoms with Gasteiger partial charge in [0.15, 0.2) is 0 Å². The van der Waals surface area contributed by atoms with Crippen LogP contribution in [0.3, 0.4) is 0 Å². The van der Waals surface area contributed by atoms with Crippen molar-refractivity contribution >= 4 is 22.8 Å². The van der Waals surface area contributed by atoms with Crippen LogP contribution in [0.4, 0.5) is 5.82 Å². The highest BCUT2D eigenvalue weighted by molar-refractivity contribution is 5.88. The number of piperazine rings is 1. The van der Waals surface area contributed by atoms with Gasteiger partial charge in [0.2, 0.25) is 5.91 Å². The van der Waals surface area contributed by atoms with Gasteiger partial charge in [0.05, 0.1) is 11.8 Å². The van der Waals surface area contributed by atoms with E-state index in [1.807, 2.05) is 12.5 Å². The van der Waals surface area contributed by atoms with Gasteiger partial charge in [-0.05, 0) is 49.6 Å². The minimum absolute atomic E-state index is 0.0711. The van der Waals surface area contributed by atoms with Crippen LogP contribution in [0.15, 0.2) is 36.8 Å². The van der Waals surface area contributed by atoms with E-state index in [9.17, 15) is 4.79 Å². The van der Waals surface area contributed by atoms with E-state index in [1.165, 1.54) is 12.8 Å². The van der Waals surface area contributed by atoms with Crippen molar-refractivity contribution < 1.29 is 9.53 Å². The summed E-state index contributed by atoms with van der Waals surface area (Å²) in [4.78, 5) is 23.5. The third-order valence-corrected chi connectivity index (χ3v) is 7.08. The van der Waals surface area contributed by atoms with Gasteiger partial charge in [-0.25, -0.2) is 9.97 Å². The molecule has 8 nitrogen and oxygen atoms in total. The number of rotatable bonds is 6. The Balaban J connectivity index is 1.33. The number of benzene rings is 1. The van der Waals surface area contributed by atoms with Crippen molar-refractivity contribution in [1.82, 2.24) is 25.2 Å². The van der Waals surface area contributed by atoms with Gasteiger partial charge in [-0.15, -0.1) is 0 Å². The van der Waals surface area contributed by atoms with Crippen molar-refractivity contribution in [3.05, 3.63) is 36.8 Å². The Bertz CT molecular complexity index is 1160. The molecule has 33 heavy (non-hydrogen) atoms. The second-order valence-corrected chi connectivity index (χ2v) is 9.46. The van der Waals surface area contributed by atoms with Crippen LogP contribution in [-0.4, -0.2) is 59.3 Å². The molecule has 2 aromatic heterocycles. The lowest BCUT2D eigenvalue weighted by Crippen LogP contribution is -2.43. The number of hydrogen-bond donors (Lipinski definition) is 2. The SMILES string of the molecule is C[C@@H](Oc1cc(-c2ccc(N3CCNCC3)nc2)cc2ncn(C3CC3)c12)C1CNC(=O)C1. The van der Waals surface area contributed by atoms with Crippen molar-refractivity contribution in [3.63, 3.8) is 0 Å². The largest absolute Gasteiger partial charge is 0.488 e. The third-order valence-electron chi connectivity index (χ3n) is 7.08. The second-order valence-electron chi connectivity index (χ2n) is 9.46. The smallest absolute Gasteiger partial charge is 0.220 e. The van der Waals surface area contributed by atoms with Crippen molar-refractivity contribution in [2.45, 2.75) is 38.3 Å². The Hall–Kier alpha value is -3.13. The van der Waals surface area contributed by atoms with E-state index in [0.717, 1.165) is 59.9 Å². The highest BCUT2D eigenvalue weighted by atomic mass is 16.5. The first kappa shape index (κ1) is 20.5. The fourth-order valence-corrected chi connectivity index (χ4v) is 4.91. The molecule has 1 aliphatic carbocycles. The lowest BCUT2D eigenvalue weighted by molar-refractivity contribution is -0.119. The standard InChI is InChI=1S/C25H30N6O2/c1-16(19-12-24(32)28-14-19)33-22-11-18(10-21-25(22)31(15-29-21)20-3-4-20)17-2-5-23(27-13-17)30-8-6-26-7-9-30/h2,5,10-11,13,15-16,19-20,26H,3-4,6-9,12,14H2,1H3,(H,28,32)/t16-,19?/m1/s1. The second kappa shape index (κ2) is 8.33. The maximum atomic E-state index is 11.7. The van der Waals surface area contributed by atoms with E-state index < -0.39 is 0 Å². The van der Waals surface area contributed by atoms with Crippen molar-refractivity contribution in [2.24, 2.45) is 5.92 Å². The number of aromatic nitrogens is 3. The predicted molar refractivity (Wildman–Crippen MR) is 128 cm³/mol. The monoisotopic (exact) mass is 446 g/mol. The lowest BCUT2D eigenvalue weighted by Gasteiger charge is -2.28. The maximum absolute atomic E-state index is 11.7. The Kier molecular flexibility index (Phi) is 5.17. The first-order valence-electron chi connectivity index (χ1n) is 12.0. The van der Waals surface area contributed by atoms with Gasteiger partial charge in [-0.2, -0.15) is 0 Å². The Morgan fingerprint density at radius 3 is 2.67 bits per heavy atom. The molecule has 6 rings (SSSR count). The van der Waals surface area contributed by atoms with Crippen LogP contribution in [0.5, 0.6) is 5.75 Å². The zero-order chi connectivity index (χ0) is 22.4.